The monoisotopic (exact) mass is 267 g/mol. The zero-order valence-electron chi connectivity index (χ0n) is 10.9. The molecule has 0 aliphatic rings. The Bertz CT molecular complexity index is 575. The maximum absolute atomic E-state index is 12.7. The molecule has 4 heteroatoms. The molecule has 0 bridgehead atoms. The third-order valence-electron chi connectivity index (χ3n) is 3.32. The number of hydrogen-bond acceptors (Lipinski definition) is 1. The maximum atomic E-state index is 12.7. The summed E-state index contributed by atoms with van der Waals surface area (Å²) in [6, 6.07) is 10.6. The average molecular weight is 267 g/mol. The number of rotatable bonds is 3. The summed E-state index contributed by atoms with van der Waals surface area (Å²) in [4.78, 5) is 0. The average Bonchev–Trinajstić information content (AvgIpc) is 2.35. The molecule has 1 unspecified atom stereocenters. The minimum absolute atomic E-state index is 0.717. The summed E-state index contributed by atoms with van der Waals surface area (Å²) in [5.74, 6) is 0. The molecule has 2 rings (SSSR count). The van der Waals surface area contributed by atoms with Crippen molar-refractivity contribution in [3.63, 3.8) is 0 Å². The standard InChI is InChI=1S/C15H16F3N/c1-10-7-8-11-5-3-4-6-12(11)14(10)13(19-2)9-15(16,17)18/h3-8,13,19H,9H2,1-2H3. The first kappa shape index (κ1) is 13.9. The number of fused-ring (bicyclic) bond motifs is 1. The van der Waals surface area contributed by atoms with Gasteiger partial charge in [-0.05, 0) is 35.9 Å². The van der Waals surface area contributed by atoms with Gasteiger partial charge in [-0.25, -0.2) is 0 Å². The van der Waals surface area contributed by atoms with Crippen LogP contribution in [0.4, 0.5) is 13.2 Å². The van der Waals surface area contributed by atoms with Gasteiger partial charge < -0.3 is 5.32 Å². The van der Waals surface area contributed by atoms with Gasteiger partial charge in [0.05, 0.1) is 6.42 Å². The van der Waals surface area contributed by atoms with E-state index in [9.17, 15) is 13.2 Å². The second-order valence-electron chi connectivity index (χ2n) is 4.68. The largest absolute Gasteiger partial charge is 0.390 e. The van der Waals surface area contributed by atoms with Crippen molar-refractivity contribution in [2.75, 3.05) is 7.05 Å². The van der Waals surface area contributed by atoms with Crippen LogP contribution in [0, 0.1) is 6.92 Å². The van der Waals surface area contributed by atoms with E-state index in [1.165, 1.54) is 0 Å². The lowest BCUT2D eigenvalue weighted by Gasteiger charge is -2.22. The second kappa shape index (κ2) is 5.21. The van der Waals surface area contributed by atoms with Crippen LogP contribution in [0.1, 0.15) is 23.6 Å². The highest BCUT2D eigenvalue weighted by molar-refractivity contribution is 5.87. The van der Waals surface area contributed by atoms with Gasteiger partial charge in [0.25, 0.3) is 0 Å². The summed E-state index contributed by atoms with van der Waals surface area (Å²) < 4.78 is 38.0. The van der Waals surface area contributed by atoms with Gasteiger partial charge in [-0.2, -0.15) is 13.2 Å². The lowest BCUT2D eigenvalue weighted by atomic mass is 9.92. The molecule has 1 nitrogen and oxygen atoms in total. The minimum atomic E-state index is -4.18. The molecule has 0 heterocycles. The van der Waals surface area contributed by atoms with Gasteiger partial charge in [0.15, 0.2) is 0 Å². The smallest absolute Gasteiger partial charge is 0.313 e. The van der Waals surface area contributed by atoms with Crippen LogP contribution < -0.4 is 5.32 Å². The Morgan fingerprint density at radius 1 is 1.11 bits per heavy atom. The Kier molecular flexibility index (Phi) is 3.80. The summed E-state index contributed by atoms with van der Waals surface area (Å²) in [5.41, 5.74) is 1.61. The minimum Gasteiger partial charge on any atom is -0.313 e. The van der Waals surface area contributed by atoms with Gasteiger partial charge >= 0.3 is 6.18 Å². The molecule has 0 saturated carbocycles. The summed E-state index contributed by atoms with van der Waals surface area (Å²) in [6.07, 6.45) is -5.05. The van der Waals surface area contributed by atoms with Crippen molar-refractivity contribution < 1.29 is 13.2 Å². The molecule has 102 valence electrons. The van der Waals surface area contributed by atoms with E-state index in [0.29, 0.717) is 0 Å². The van der Waals surface area contributed by atoms with E-state index in [1.54, 1.807) is 7.05 Å². The molecule has 2 aromatic rings. The number of benzene rings is 2. The molecule has 0 radical (unpaired) electrons. The molecular weight excluding hydrogens is 251 g/mol. The van der Waals surface area contributed by atoms with E-state index >= 15 is 0 Å². The van der Waals surface area contributed by atoms with Crippen molar-refractivity contribution in [3.05, 3.63) is 47.5 Å². The molecule has 0 aromatic heterocycles. The molecular formula is C15H16F3N. The molecule has 1 N–H and O–H groups in total. The SMILES string of the molecule is CNC(CC(F)(F)F)c1c(C)ccc2ccccc12. The Morgan fingerprint density at radius 2 is 1.79 bits per heavy atom. The van der Waals surface area contributed by atoms with Crippen LogP contribution in [0.3, 0.4) is 0 Å². The molecule has 0 aliphatic carbocycles. The fraction of sp³-hybridized carbons (Fsp3) is 0.333. The van der Waals surface area contributed by atoms with E-state index in [-0.39, 0.29) is 0 Å². The van der Waals surface area contributed by atoms with Crippen molar-refractivity contribution in [3.8, 4) is 0 Å². The first-order valence-electron chi connectivity index (χ1n) is 6.14. The zero-order chi connectivity index (χ0) is 14.0. The summed E-state index contributed by atoms with van der Waals surface area (Å²) in [7, 11) is 1.57. The van der Waals surface area contributed by atoms with Gasteiger partial charge in [-0.15, -0.1) is 0 Å². The number of aryl methyl sites for hydroxylation is 1. The predicted molar refractivity (Wildman–Crippen MR) is 71.2 cm³/mol. The van der Waals surface area contributed by atoms with Gasteiger partial charge in [-0.3, -0.25) is 0 Å². The Hall–Kier alpha value is -1.55. The summed E-state index contributed by atoms with van der Waals surface area (Å²) >= 11 is 0. The summed E-state index contributed by atoms with van der Waals surface area (Å²) in [5, 5.41) is 4.63. The Labute approximate surface area is 110 Å². The van der Waals surface area contributed by atoms with E-state index in [1.807, 2.05) is 43.3 Å². The maximum Gasteiger partial charge on any atom is 0.390 e. The Balaban J connectivity index is 2.55. The lowest BCUT2D eigenvalue weighted by molar-refractivity contribution is -0.140. The van der Waals surface area contributed by atoms with Crippen LogP contribution in [-0.2, 0) is 0 Å². The first-order chi connectivity index (χ1) is 8.92. The number of alkyl halides is 3. The Morgan fingerprint density at radius 3 is 2.42 bits per heavy atom. The van der Waals surface area contributed by atoms with Crippen molar-refractivity contribution >= 4 is 10.8 Å². The van der Waals surface area contributed by atoms with Crippen molar-refractivity contribution in [1.82, 2.24) is 5.32 Å². The number of nitrogens with one attached hydrogen (secondary N) is 1. The molecule has 2 aromatic carbocycles. The summed E-state index contributed by atoms with van der Waals surface area (Å²) in [6.45, 7) is 1.85. The second-order valence-corrected chi connectivity index (χ2v) is 4.68. The van der Waals surface area contributed by atoms with Gasteiger partial charge in [0.1, 0.15) is 0 Å². The highest BCUT2D eigenvalue weighted by atomic mass is 19.4. The van der Waals surface area contributed by atoms with Crippen LogP contribution in [0.2, 0.25) is 0 Å². The number of hydrogen-bond donors (Lipinski definition) is 1. The molecule has 0 amide bonds. The molecule has 0 spiro atoms. The van der Waals surface area contributed by atoms with Crippen LogP contribution in [0.25, 0.3) is 10.8 Å². The van der Waals surface area contributed by atoms with Crippen molar-refractivity contribution in [1.29, 1.82) is 0 Å². The highest BCUT2D eigenvalue weighted by Gasteiger charge is 2.33. The van der Waals surface area contributed by atoms with E-state index in [4.69, 9.17) is 0 Å². The molecule has 19 heavy (non-hydrogen) atoms. The van der Waals surface area contributed by atoms with E-state index in [2.05, 4.69) is 5.32 Å². The van der Waals surface area contributed by atoms with Crippen molar-refractivity contribution in [2.45, 2.75) is 25.6 Å². The van der Waals surface area contributed by atoms with Crippen LogP contribution in [0.5, 0.6) is 0 Å². The first-order valence-corrected chi connectivity index (χ1v) is 6.14. The number of halogens is 3. The van der Waals surface area contributed by atoms with Crippen LogP contribution in [0.15, 0.2) is 36.4 Å². The fourth-order valence-electron chi connectivity index (χ4n) is 2.45. The third-order valence-corrected chi connectivity index (χ3v) is 3.32. The third kappa shape index (κ3) is 3.07. The van der Waals surface area contributed by atoms with Gasteiger partial charge in [-0.1, -0.05) is 36.4 Å². The van der Waals surface area contributed by atoms with Crippen LogP contribution in [-0.4, -0.2) is 13.2 Å². The normalized spacial score (nSPS) is 13.7. The highest BCUT2D eigenvalue weighted by Crippen LogP contribution is 2.34. The molecule has 0 aliphatic heterocycles. The fourth-order valence-corrected chi connectivity index (χ4v) is 2.45. The molecule has 0 saturated heterocycles. The predicted octanol–water partition coefficient (Wildman–Crippen LogP) is 4.36. The van der Waals surface area contributed by atoms with E-state index in [0.717, 1.165) is 21.9 Å². The zero-order valence-corrected chi connectivity index (χ0v) is 10.9. The topological polar surface area (TPSA) is 12.0 Å². The van der Waals surface area contributed by atoms with Gasteiger partial charge in [0.2, 0.25) is 0 Å². The lowest BCUT2D eigenvalue weighted by Crippen LogP contribution is -2.24. The quantitative estimate of drug-likeness (QED) is 0.871. The van der Waals surface area contributed by atoms with E-state index < -0.39 is 18.6 Å². The molecule has 0 fully saturated rings. The van der Waals surface area contributed by atoms with Crippen molar-refractivity contribution in [2.24, 2.45) is 0 Å². The van der Waals surface area contributed by atoms with Crippen LogP contribution >= 0.6 is 0 Å². The van der Waals surface area contributed by atoms with Gasteiger partial charge in [0, 0.05) is 6.04 Å². The molecule has 1 atom stereocenters.